The smallest absolute Gasteiger partial charge is 0.216 e. The van der Waals surface area contributed by atoms with E-state index in [1.54, 1.807) is 13.4 Å². The Bertz CT molecular complexity index is 908. The first kappa shape index (κ1) is 22.7. The summed E-state index contributed by atoms with van der Waals surface area (Å²) in [5.74, 6) is 3.60. The van der Waals surface area contributed by atoms with E-state index in [1.807, 2.05) is 38.1 Å². The van der Waals surface area contributed by atoms with Crippen molar-refractivity contribution in [2.45, 2.75) is 26.8 Å². The van der Waals surface area contributed by atoms with Gasteiger partial charge in [-0.05, 0) is 37.6 Å². The first-order valence-corrected chi connectivity index (χ1v) is 9.30. The van der Waals surface area contributed by atoms with Gasteiger partial charge in [0.05, 0.1) is 19.9 Å². The Kier molecular flexibility index (Phi) is 8.97. The summed E-state index contributed by atoms with van der Waals surface area (Å²) < 4.78 is 10.8. The van der Waals surface area contributed by atoms with Gasteiger partial charge in [-0.1, -0.05) is 12.1 Å². The van der Waals surface area contributed by atoms with E-state index in [1.165, 1.54) is 0 Å². The number of rotatable bonds is 8. The number of H-pyrrole nitrogens is 1. The van der Waals surface area contributed by atoms with E-state index in [9.17, 15) is 0 Å². The molecule has 0 aliphatic carbocycles. The van der Waals surface area contributed by atoms with Crippen molar-refractivity contribution in [1.29, 1.82) is 0 Å². The first-order chi connectivity index (χ1) is 13.7. The zero-order chi connectivity index (χ0) is 19.8. The molecule has 0 saturated carbocycles. The van der Waals surface area contributed by atoms with Gasteiger partial charge in [0, 0.05) is 25.1 Å². The molecule has 0 radical (unpaired) electrons. The van der Waals surface area contributed by atoms with Crippen molar-refractivity contribution in [3.63, 3.8) is 0 Å². The van der Waals surface area contributed by atoms with Crippen LogP contribution in [0, 0.1) is 6.92 Å². The minimum atomic E-state index is 0. The van der Waals surface area contributed by atoms with Crippen LogP contribution in [0.3, 0.4) is 0 Å². The van der Waals surface area contributed by atoms with Crippen LogP contribution >= 0.6 is 24.0 Å². The molecule has 0 saturated heterocycles. The van der Waals surface area contributed by atoms with Crippen LogP contribution in [0.4, 0.5) is 0 Å². The molecule has 9 heteroatoms. The summed E-state index contributed by atoms with van der Waals surface area (Å²) in [6, 6.07) is 9.78. The molecule has 3 N–H and O–H groups in total. The summed E-state index contributed by atoms with van der Waals surface area (Å²) in [5.41, 5.74) is 2.21. The monoisotopic (exact) mass is 510 g/mol. The molecule has 3 rings (SSSR count). The maximum Gasteiger partial charge on any atom is 0.216 e. The van der Waals surface area contributed by atoms with Gasteiger partial charge in [0.2, 0.25) is 5.82 Å². The molecule has 2 aromatic heterocycles. The van der Waals surface area contributed by atoms with E-state index in [4.69, 9.17) is 9.15 Å². The number of furan rings is 1. The van der Waals surface area contributed by atoms with E-state index in [-0.39, 0.29) is 24.0 Å². The van der Waals surface area contributed by atoms with Crippen molar-refractivity contribution >= 4 is 29.9 Å². The molecule has 29 heavy (non-hydrogen) atoms. The molecule has 0 unspecified atom stereocenters. The minimum Gasteiger partial charge on any atom is -0.496 e. The minimum absolute atomic E-state index is 0. The lowest BCUT2D eigenvalue weighted by Gasteiger charge is -2.12. The highest BCUT2D eigenvalue weighted by molar-refractivity contribution is 14.0. The Labute approximate surface area is 187 Å². The Hall–Kier alpha value is -2.56. The predicted molar refractivity (Wildman–Crippen MR) is 124 cm³/mol. The molecular weight excluding hydrogens is 483 g/mol. The normalized spacial score (nSPS) is 11.1. The average Bonchev–Trinajstić information content (AvgIpc) is 3.38. The SMILES string of the molecule is CCNC(=NCc1ccc(C)cc1OC)NCCc1nc(-c2ccco2)n[nH]1.I. The van der Waals surface area contributed by atoms with E-state index in [0.29, 0.717) is 31.1 Å². The lowest BCUT2D eigenvalue weighted by Crippen LogP contribution is -2.38. The molecule has 0 fully saturated rings. The molecule has 156 valence electrons. The van der Waals surface area contributed by atoms with Crippen molar-refractivity contribution in [3.05, 3.63) is 53.5 Å². The molecule has 0 bridgehead atoms. The van der Waals surface area contributed by atoms with Gasteiger partial charge in [-0.3, -0.25) is 5.10 Å². The van der Waals surface area contributed by atoms with Crippen LogP contribution in [0.2, 0.25) is 0 Å². The number of aryl methyl sites for hydroxylation is 1. The molecule has 0 spiro atoms. The number of hydrogen-bond acceptors (Lipinski definition) is 5. The fraction of sp³-hybridized carbons (Fsp3) is 0.350. The average molecular weight is 510 g/mol. The number of aromatic nitrogens is 3. The lowest BCUT2D eigenvalue weighted by molar-refractivity contribution is 0.409. The van der Waals surface area contributed by atoms with Crippen LogP contribution in [0.1, 0.15) is 23.9 Å². The lowest BCUT2D eigenvalue weighted by atomic mass is 10.1. The van der Waals surface area contributed by atoms with Gasteiger partial charge < -0.3 is 19.8 Å². The number of nitrogens with zero attached hydrogens (tertiary/aromatic N) is 3. The molecule has 0 amide bonds. The van der Waals surface area contributed by atoms with Gasteiger partial charge in [0.1, 0.15) is 11.6 Å². The van der Waals surface area contributed by atoms with Crippen molar-refractivity contribution in [1.82, 2.24) is 25.8 Å². The van der Waals surface area contributed by atoms with E-state index >= 15 is 0 Å². The number of halogens is 1. The highest BCUT2D eigenvalue weighted by atomic mass is 127. The number of hydrogen-bond donors (Lipinski definition) is 3. The van der Waals surface area contributed by atoms with Crippen LogP contribution in [-0.2, 0) is 13.0 Å². The van der Waals surface area contributed by atoms with E-state index in [2.05, 4.69) is 36.9 Å². The maximum absolute atomic E-state index is 5.45. The topological polar surface area (TPSA) is 100 Å². The van der Waals surface area contributed by atoms with Crippen LogP contribution in [0.15, 0.2) is 46.0 Å². The summed E-state index contributed by atoms with van der Waals surface area (Å²) in [7, 11) is 1.68. The fourth-order valence-electron chi connectivity index (χ4n) is 2.71. The summed E-state index contributed by atoms with van der Waals surface area (Å²) in [4.78, 5) is 9.10. The van der Waals surface area contributed by atoms with E-state index in [0.717, 1.165) is 35.2 Å². The number of benzene rings is 1. The second-order valence-electron chi connectivity index (χ2n) is 6.27. The third kappa shape index (κ3) is 6.48. The number of methoxy groups -OCH3 is 1. The van der Waals surface area contributed by atoms with Gasteiger partial charge in [0.15, 0.2) is 11.7 Å². The summed E-state index contributed by atoms with van der Waals surface area (Å²) in [6.07, 6.45) is 2.29. The van der Waals surface area contributed by atoms with Gasteiger partial charge in [-0.25, -0.2) is 9.98 Å². The Balaban J connectivity index is 0.00000300. The van der Waals surface area contributed by atoms with E-state index < -0.39 is 0 Å². The van der Waals surface area contributed by atoms with Crippen LogP contribution < -0.4 is 15.4 Å². The highest BCUT2D eigenvalue weighted by Gasteiger charge is 2.08. The van der Waals surface area contributed by atoms with Gasteiger partial charge in [-0.2, -0.15) is 5.10 Å². The molecule has 8 nitrogen and oxygen atoms in total. The number of aromatic amines is 1. The quantitative estimate of drug-likeness (QED) is 0.244. The zero-order valence-electron chi connectivity index (χ0n) is 16.9. The van der Waals surface area contributed by atoms with Gasteiger partial charge >= 0.3 is 0 Å². The molecule has 0 atom stereocenters. The summed E-state index contributed by atoms with van der Waals surface area (Å²) in [6.45, 7) is 6.06. The largest absolute Gasteiger partial charge is 0.496 e. The summed E-state index contributed by atoms with van der Waals surface area (Å²) in [5, 5.41) is 13.7. The molecular formula is C20H27IN6O2. The summed E-state index contributed by atoms with van der Waals surface area (Å²) >= 11 is 0. The Morgan fingerprint density at radius 2 is 2.14 bits per heavy atom. The van der Waals surface area contributed by atoms with Crippen molar-refractivity contribution < 1.29 is 9.15 Å². The number of nitrogens with one attached hydrogen (secondary N) is 3. The standard InChI is InChI=1S/C20H26N6O2.HI/c1-4-21-20(23-13-15-8-7-14(2)12-17(15)27-3)22-10-9-18-24-19(26-25-18)16-6-5-11-28-16;/h5-8,11-12H,4,9-10,13H2,1-3H3,(H2,21,22,23)(H,24,25,26);1H. The van der Waals surface area contributed by atoms with Gasteiger partial charge in [-0.15, -0.1) is 24.0 Å². The number of aliphatic imine (C=N–C) groups is 1. The van der Waals surface area contributed by atoms with Crippen molar-refractivity contribution in [2.24, 2.45) is 4.99 Å². The Morgan fingerprint density at radius 3 is 2.86 bits per heavy atom. The van der Waals surface area contributed by atoms with Crippen molar-refractivity contribution in [2.75, 3.05) is 20.2 Å². The third-order valence-electron chi connectivity index (χ3n) is 4.12. The Morgan fingerprint density at radius 1 is 1.28 bits per heavy atom. The van der Waals surface area contributed by atoms with Crippen molar-refractivity contribution in [3.8, 4) is 17.3 Å². The second kappa shape index (κ2) is 11.4. The highest BCUT2D eigenvalue weighted by Crippen LogP contribution is 2.20. The molecule has 3 aromatic rings. The molecule has 1 aromatic carbocycles. The molecule has 0 aliphatic rings. The number of guanidine groups is 1. The predicted octanol–water partition coefficient (Wildman–Crippen LogP) is 3.30. The zero-order valence-corrected chi connectivity index (χ0v) is 19.2. The van der Waals surface area contributed by atoms with Crippen LogP contribution in [0.25, 0.3) is 11.6 Å². The second-order valence-corrected chi connectivity index (χ2v) is 6.27. The number of ether oxygens (including phenoxy) is 1. The maximum atomic E-state index is 5.45. The van der Waals surface area contributed by atoms with Gasteiger partial charge in [0.25, 0.3) is 0 Å². The fourth-order valence-corrected chi connectivity index (χ4v) is 2.71. The third-order valence-corrected chi connectivity index (χ3v) is 4.12. The molecule has 2 heterocycles. The molecule has 0 aliphatic heterocycles. The first-order valence-electron chi connectivity index (χ1n) is 9.30. The van der Waals surface area contributed by atoms with Crippen LogP contribution in [-0.4, -0.2) is 41.3 Å². The van der Waals surface area contributed by atoms with Crippen LogP contribution in [0.5, 0.6) is 5.75 Å².